The molecule has 0 saturated heterocycles. The van der Waals surface area contributed by atoms with E-state index in [0.717, 1.165) is 16.7 Å². The molecule has 0 aliphatic rings. The molecule has 4 aromatic rings. The molecule has 0 spiro atoms. The quantitative estimate of drug-likeness (QED) is 0.343. The number of hydrogen-bond donors (Lipinski definition) is 1. The van der Waals surface area contributed by atoms with Gasteiger partial charge >= 0.3 is 0 Å². The Morgan fingerprint density at radius 3 is 2.30 bits per heavy atom. The van der Waals surface area contributed by atoms with Gasteiger partial charge in [0.2, 0.25) is 0 Å². The normalized spacial score (nSPS) is 12.2. The number of hydrogen-bond acceptors (Lipinski definition) is 4. The Kier molecular flexibility index (Phi) is 8.19. The summed E-state index contributed by atoms with van der Waals surface area (Å²) in [6, 6.07) is 22.8. The predicted molar refractivity (Wildman–Crippen MR) is 150 cm³/mol. The fourth-order valence-corrected chi connectivity index (χ4v) is 4.78. The number of nitrogens with two attached hydrogens (primary N) is 1. The van der Waals surface area contributed by atoms with E-state index in [1.165, 1.54) is 0 Å². The Morgan fingerprint density at radius 1 is 0.973 bits per heavy atom. The predicted octanol–water partition coefficient (Wildman–Crippen LogP) is 5.25. The van der Waals surface area contributed by atoms with Crippen molar-refractivity contribution in [2.45, 2.75) is 46.7 Å². The molecule has 4 rings (SSSR count). The maximum Gasteiger partial charge on any atom is 0.261 e. The fraction of sp³-hybridized carbons (Fsp3) is 0.323. The van der Waals surface area contributed by atoms with E-state index < -0.39 is 6.04 Å². The number of carbonyl (C=O) groups excluding carboxylic acids is 1. The van der Waals surface area contributed by atoms with E-state index in [0.29, 0.717) is 48.3 Å². The molecule has 1 amide bonds. The van der Waals surface area contributed by atoms with Crippen molar-refractivity contribution >= 4 is 16.8 Å². The Balaban J connectivity index is 1.93. The lowest BCUT2D eigenvalue weighted by molar-refractivity contribution is 0.0602. The summed E-state index contributed by atoms with van der Waals surface area (Å²) in [5, 5.41) is 0.575. The van der Waals surface area contributed by atoms with Crippen LogP contribution in [0, 0.1) is 19.8 Å². The summed E-state index contributed by atoms with van der Waals surface area (Å²) in [7, 11) is 0. The van der Waals surface area contributed by atoms with Crippen molar-refractivity contribution in [3.05, 3.63) is 111 Å². The Bertz CT molecular complexity index is 1430. The lowest BCUT2D eigenvalue weighted by Crippen LogP contribution is -2.42. The van der Waals surface area contributed by atoms with E-state index in [1.54, 1.807) is 4.57 Å². The van der Waals surface area contributed by atoms with Crippen LogP contribution in [0.25, 0.3) is 10.9 Å². The van der Waals surface area contributed by atoms with Crippen molar-refractivity contribution in [3.8, 4) is 0 Å². The molecule has 0 radical (unpaired) electrons. The van der Waals surface area contributed by atoms with Gasteiger partial charge in [-0.2, -0.15) is 0 Å². The SMILES string of the molecule is Cc1ccc(C(=O)N(CCCN)[C@@H](c2nc3cc(C)ccc3c(=O)n2Cc2ccccc2)C(C)C)cc1. The van der Waals surface area contributed by atoms with Crippen molar-refractivity contribution in [1.29, 1.82) is 0 Å². The second-order valence-corrected chi connectivity index (χ2v) is 10.1. The van der Waals surface area contributed by atoms with Crippen LogP contribution in [0.1, 0.15) is 59.2 Å². The monoisotopic (exact) mass is 496 g/mol. The molecule has 0 aliphatic carbocycles. The Labute approximate surface area is 218 Å². The van der Waals surface area contributed by atoms with Crippen LogP contribution in [0.3, 0.4) is 0 Å². The zero-order valence-electron chi connectivity index (χ0n) is 22.1. The van der Waals surface area contributed by atoms with Gasteiger partial charge in [-0.25, -0.2) is 4.98 Å². The van der Waals surface area contributed by atoms with Gasteiger partial charge < -0.3 is 10.6 Å². The van der Waals surface area contributed by atoms with Crippen molar-refractivity contribution in [2.75, 3.05) is 13.1 Å². The summed E-state index contributed by atoms with van der Waals surface area (Å²) in [4.78, 5) is 34.8. The van der Waals surface area contributed by atoms with Gasteiger partial charge in [-0.15, -0.1) is 0 Å². The van der Waals surface area contributed by atoms with Gasteiger partial charge in [-0.3, -0.25) is 14.2 Å². The number of fused-ring (bicyclic) bond motifs is 1. The Hall–Kier alpha value is -3.77. The van der Waals surface area contributed by atoms with Crippen LogP contribution < -0.4 is 11.3 Å². The van der Waals surface area contributed by atoms with Crippen molar-refractivity contribution in [2.24, 2.45) is 11.7 Å². The van der Waals surface area contributed by atoms with E-state index in [2.05, 4.69) is 13.8 Å². The summed E-state index contributed by atoms with van der Waals surface area (Å²) in [6.07, 6.45) is 0.649. The van der Waals surface area contributed by atoms with Crippen LogP contribution in [-0.4, -0.2) is 33.4 Å². The average Bonchev–Trinajstić information content (AvgIpc) is 2.88. The topological polar surface area (TPSA) is 81.2 Å². The first kappa shape index (κ1) is 26.3. The Morgan fingerprint density at radius 2 is 1.65 bits per heavy atom. The molecule has 0 saturated carbocycles. The minimum absolute atomic E-state index is 0.00311. The van der Waals surface area contributed by atoms with Crippen LogP contribution >= 0.6 is 0 Å². The van der Waals surface area contributed by atoms with E-state index in [4.69, 9.17) is 10.7 Å². The largest absolute Gasteiger partial charge is 0.330 e. The molecule has 37 heavy (non-hydrogen) atoms. The first-order valence-electron chi connectivity index (χ1n) is 12.9. The third-order valence-electron chi connectivity index (χ3n) is 6.72. The molecule has 6 nitrogen and oxygen atoms in total. The minimum atomic E-state index is -0.415. The number of amides is 1. The first-order chi connectivity index (χ1) is 17.8. The van der Waals surface area contributed by atoms with E-state index >= 15 is 0 Å². The highest BCUT2D eigenvalue weighted by molar-refractivity contribution is 5.94. The van der Waals surface area contributed by atoms with Crippen molar-refractivity contribution < 1.29 is 4.79 Å². The fourth-order valence-electron chi connectivity index (χ4n) is 4.78. The number of rotatable bonds is 9. The number of aryl methyl sites for hydroxylation is 2. The van der Waals surface area contributed by atoms with Crippen molar-refractivity contribution in [1.82, 2.24) is 14.5 Å². The van der Waals surface area contributed by atoms with E-state index in [-0.39, 0.29) is 17.4 Å². The number of nitrogens with zero attached hydrogens (tertiary/aromatic N) is 3. The van der Waals surface area contributed by atoms with Gasteiger partial charge in [0.05, 0.1) is 23.5 Å². The molecular weight excluding hydrogens is 460 g/mol. The molecule has 2 N–H and O–H groups in total. The van der Waals surface area contributed by atoms with Gasteiger partial charge in [0, 0.05) is 12.1 Å². The maximum atomic E-state index is 13.9. The zero-order chi connectivity index (χ0) is 26.5. The van der Waals surface area contributed by atoms with Crippen LogP contribution in [0.4, 0.5) is 0 Å². The molecule has 0 fully saturated rings. The van der Waals surface area contributed by atoms with Crippen LogP contribution in [0.2, 0.25) is 0 Å². The van der Waals surface area contributed by atoms with Crippen LogP contribution in [0.15, 0.2) is 77.6 Å². The summed E-state index contributed by atoms with van der Waals surface area (Å²) >= 11 is 0. The highest BCUT2D eigenvalue weighted by Crippen LogP contribution is 2.30. The minimum Gasteiger partial charge on any atom is -0.330 e. The van der Waals surface area contributed by atoms with Gasteiger partial charge in [0.25, 0.3) is 11.5 Å². The molecule has 1 aromatic heterocycles. The third kappa shape index (κ3) is 5.81. The molecule has 0 unspecified atom stereocenters. The highest BCUT2D eigenvalue weighted by Gasteiger charge is 2.32. The maximum absolute atomic E-state index is 13.9. The summed E-state index contributed by atoms with van der Waals surface area (Å²) in [6.45, 7) is 9.44. The zero-order valence-corrected chi connectivity index (χ0v) is 22.1. The van der Waals surface area contributed by atoms with Gasteiger partial charge in [0.15, 0.2) is 0 Å². The molecule has 0 bridgehead atoms. The van der Waals surface area contributed by atoms with Crippen LogP contribution in [-0.2, 0) is 6.54 Å². The number of benzene rings is 3. The highest BCUT2D eigenvalue weighted by atomic mass is 16.2. The molecular formula is C31H36N4O2. The van der Waals surface area contributed by atoms with E-state index in [1.807, 2.05) is 91.5 Å². The lowest BCUT2D eigenvalue weighted by atomic mass is 9.98. The third-order valence-corrected chi connectivity index (χ3v) is 6.72. The lowest BCUT2D eigenvalue weighted by Gasteiger charge is -2.35. The molecule has 1 atom stereocenters. The summed E-state index contributed by atoms with van der Waals surface area (Å²) < 4.78 is 1.75. The number of carbonyl (C=O) groups is 1. The number of aromatic nitrogens is 2. The summed E-state index contributed by atoms with van der Waals surface area (Å²) in [5.74, 6) is 0.514. The first-order valence-corrected chi connectivity index (χ1v) is 12.9. The molecule has 6 heteroatoms. The van der Waals surface area contributed by atoms with E-state index in [9.17, 15) is 9.59 Å². The summed E-state index contributed by atoms with van der Waals surface area (Å²) in [5.41, 5.74) is 10.2. The molecule has 192 valence electrons. The smallest absolute Gasteiger partial charge is 0.261 e. The molecule has 3 aromatic carbocycles. The second-order valence-electron chi connectivity index (χ2n) is 10.1. The van der Waals surface area contributed by atoms with Gasteiger partial charge in [0.1, 0.15) is 5.82 Å². The van der Waals surface area contributed by atoms with Crippen molar-refractivity contribution in [3.63, 3.8) is 0 Å². The average molecular weight is 497 g/mol. The molecule has 0 aliphatic heterocycles. The molecule has 1 heterocycles. The van der Waals surface area contributed by atoms with Gasteiger partial charge in [-0.1, -0.05) is 67.9 Å². The van der Waals surface area contributed by atoms with Crippen LogP contribution in [0.5, 0.6) is 0 Å². The second kappa shape index (κ2) is 11.5. The van der Waals surface area contributed by atoms with Gasteiger partial charge in [-0.05, 0) is 68.1 Å². The standard InChI is InChI=1S/C31H36N4O2/c1-21(2)28(34(18-8-17-32)30(36)25-14-11-22(3)12-15-25)29-33-27-19-23(4)13-16-26(27)31(37)35(29)20-24-9-6-5-7-10-24/h5-7,9-16,19,21,28H,8,17-18,20,32H2,1-4H3/t28-/m1/s1.